The highest BCUT2D eigenvalue weighted by Crippen LogP contribution is 2.08. The summed E-state index contributed by atoms with van der Waals surface area (Å²) in [5.41, 5.74) is 0. The van der Waals surface area contributed by atoms with Gasteiger partial charge >= 0.3 is 0 Å². The molecule has 5 nitrogen and oxygen atoms in total. The molecule has 86 valence electrons. The first-order chi connectivity index (χ1) is 7.76. The highest BCUT2D eigenvalue weighted by atomic mass is 35.5. The minimum atomic E-state index is 0.167. The second kappa shape index (κ2) is 6.85. The number of anilines is 2. The Balaban J connectivity index is 2.67. The maximum atomic E-state index is 5.76. The Kier molecular flexibility index (Phi) is 5.37. The quantitative estimate of drug-likeness (QED) is 0.767. The Labute approximate surface area is 100 Å². The van der Waals surface area contributed by atoms with Gasteiger partial charge in [0.05, 0.1) is 6.54 Å². The molecule has 0 aliphatic rings. The molecular weight excluding hydrogens is 226 g/mol. The number of aromatic nitrogens is 3. The van der Waals surface area contributed by atoms with E-state index < -0.39 is 0 Å². The molecule has 1 aromatic rings. The maximum Gasteiger partial charge on any atom is 0.229 e. The van der Waals surface area contributed by atoms with Gasteiger partial charge in [0.1, 0.15) is 0 Å². The van der Waals surface area contributed by atoms with Crippen LogP contribution in [-0.2, 0) is 0 Å². The molecule has 1 heterocycles. The predicted octanol–water partition coefficient (Wildman–Crippen LogP) is 1.78. The van der Waals surface area contributed by atoms with E-state index in [1.807, 2.05) is 0 Å². The number of hydrogen-bond donors (Lipinski definition) is 2. The molecule has 0 spiro atoms. The van der Waals surface area contributed by atoms with Crippen LogP contribution in [0.25, 0.3) is 0 Å². The zero-order valence-corrected chi connectivity index (χ0v) is 10.1. The van der Waals surface area contributed by atoms with E-state index in [1.54, 1.807) is 6.92 Å². The average molecular weight is 240 g/mol. The van der Waals surface area contributed by atoms with E-state index in [2.05, 4.69) is 44.4 Å². The molecule has 0 saturated heterocycles. The van der Waals surface area contributed by atoms with E-state index in [9.17, 15) is 0 Å². The van der Waals surface area contributed by atoms with Gasteiger partial charge in [0.15, 0.2) is 0 Å². The molecule has 0 atom stereocenters. The standard InChI is InChI=1S/C10H14ClN5/c1-3-5-7-13-10-15-8(11)14-9(16-10)12-6-4-2/h4,6-7H2,1-2H3,(H2,12,13,14,15,16). The van der Waals surface area contributed by atoms with Crippen molar-refractivity contribution in [3.8, 4) is 11.8 Å². The summed E-state index contributed by atoms with van der Waals surface area (Å²) in [5.74, 6) is 6.54. The Hall–Kier alpha value is -1.54. The molecule has 0 bridgehead atoms. The first-order valence-corrected chi connectivity index (χ1v) is 5.43. The first-order valence-electron chi connectivity index (χ1n) is 5.05. The summed E-state index contributed by atoms with van der Waals surface area (Å²) in [4.78, 5) is 12.0. The zero-order chi connectivity index (χ0) is 11.8. The molecule has 0 unspecified atom stereocenters. The van der Waals surface area contributed by atoms with Crippen molar-refractivity contribution in [1.82, 2.24) is 15.0 Å². The molecule has 1 aromatic heterocycles. The van der Waals surface area contributed by atoms with Gasteiger partial charge in [-0.1, -0.05) is 12.8 Å². The molecule has 6 heteroatoms. The molecule has 2 N–H and O–H groups in total. The largest absolute Gasteiger partial charge is 0.354 e. The van der Waals surface area contributed by atoms with Gasteiger partial charge in [-0.25, -0.2) is 0 Å². The van der Waals surface area contributed by atoms with Crippen LogP contribution in [0, 0.1) is 11.8 Å². The van der Waals surface area contributed by atoms with Crippen molar-refractivity contribution in [2.75, 3.05) is 23.7 Å². The lowest BCUT2D eigenvalue weighted by atomic mass is 10.5. The Morgan fingerprint density at radius 1 is 1.19 bits per heavy atom. The maximum absolute atomic E-state index is 5.76. The number of nitrogens with one attached hydrogen (secondary N) is 2. The number of rotatable bonds is 5. The van der Waals surface area contributed by atoms with Crippen molar-refractivity contribution in [2.24, 2.45) is 0 Å². The van der Waals surface area contributed by atoms with Crippen molar-refractivity contribution >= 4 is 23.5 Å². The molecular formula is C10H14ClN5. The lowest BCUT2D eigenvalue weighted by Gasteiger charge is -2.05. The van der Waals surface area contributed by atoms with Crippen LogP contribution in [0.5, 0.6) is 0 Å². The van der Waals surface area contributed by atoms with Crippen LogP contribution in [-0.4, -0.2) is 28.0 Å². The Morgan fingerprint density at radius 2 is 1.88 bits per heavy atom. The van der Waals surface area contributed by atoms with Crippen LogP contribution in [0.1, 0.15) is 20.3 Å². The smallest absolute Gasteiger partial charge is 0.229 e. The Morgan fingerprint density at radius 3 is 2.50 bits per heavy atom. The van der Waals surface area contributed by atoms with E-state index in [-0.39, 0.29) is 5.28 Å². The summed E-state index contributed by atoms with van der Waals surface area (Å²) >= 11 is 5.76. The van der Waals surface area contributed by atoms with Gasteiger partial charge in [0.2, 0.25) is 17.2 Å². The van der Waals surface area contributed by atoms with Crippen LogP contribution in [0.3, 0.4) is 0 Å². The first kappa shape index (κ1) is 12.5. The van der Waals surface area contributed by atoms with Gasteiger partial charge in [-0.15, -0.1) is 5.92 Å². The normalized spacial score (nSPS) is 9.19. The molecule has 0 aliphatic heterocycles. The minimum absolute atomic E-state index is 0.167. The highest BCUT2D eigenvalue weighted by molar-refractivity contribution is 6.28. The van der Waals surface area contributed by atoms with Crippen molar-refractivity contribution in [2.45, 2.75) is 20.3 Å². The monoisotopic (exact) mass is 239 g/mol. The van der Waals surface area contributed by atoms with Gasteiger partial charge in [-0.05, 0) is 24.9 Å². The molecule has 0 amide bonds. The lowest BCUT2D eigenvalue weighted by molar-refractivity contribution is 0.938. The topological polar surface area (TPSA) is 62.7 Å². The second-order valence-electron chi connectivity index (χ2n) is 2.96. The zero-order valence-electron chi connectivity index (χ0n) is 9.34. The van der Waals surface area contributed by atoms with Gasteiger partial charge in [0.25, 0.3) is 0 Å². The van der Waals surface area contributed by atoms with Gasteiger partial charge in [-0.3, -0.25) is 0 Å². The predicted molar refractivity (Wildman–Crippen MR) is 65.6 cm³/mol. The fourth-order valence-electron chi connectivity index (χ4n) is 0.957. The van der Waals surface area contributed by atoms with Gasteiger partial charge < -0.3 is 10.6 Å². The third-order valence-electron chi connectivity index (χ3n) is 1.65. The van der Waals surface area contributed by atoms with Crippen LogP contribution >= 0.6 is 11.6 Å². The van der Waals surface area contributed by atoms with Gasteiger partial charge in [0, 0.05) is 6.54 Å². The third-order valence-corrected chi connectivity index (χ3v) is 1.82. The van der Waals surface area contributed by atoms with E-state index in [1.165, 1.54) is 0 Å². The number of halogens is 1. The van der Waals surface area contributed by atoms with Crippen molar-refractivity contribution < 1.29 is 0 Å². The van der Waals surface area contributed by atoms with Crippen molar-refractivity contribution in [3.05, 3.63) is 5.28 Å². The van der Waals surface area contributed by atoms with Crippen LogP contribution in [0.4, 0.5) is 11.9 Å². The summed E-state index contributed by atoms with van der Waals surface area (Å²) < 4.78 is 0. The summed E-state index contributed by atoms with van der Waals surface area (Å²) in [6.45, 7) is 5.13. The second-order valence-corrected chi connectivity index (χ2v) is 3.30. The number of nitrogens with zero attached hydrogens (tertiary/aromatic N) is 3. The average Bonchev–Trinajstić information content (AvgIpc) is 2.26. The van der Waals surface area contributed by atoms with Crippen molar-refractivity contribution in [1.29, 1.82) is 0 Å². The van der Waals surface area contributed by atoms with E-state index in [0.29, 0.717) is 18.4 Å². The summed E-state index contributed by atoms with van der Waals surface area (Å²) in [5, 5.41) is 6.15. The molecule has 16 heavy (non-hydrogen) atoms. The van der Waals surface area contributed by atoms with Crippen molar-refractivity contribution in [3.63, 3.8) is 0 Å². The van der Waals surface area contributed by atoms with Gasteiger partial charge in [-0.2, -0.15) is 15.0 Å². The molecule has 0 radical (unpaired) electrons. The van der Waals surface area contributed by atoms with Crippen LogP contribution in [0.15, 0.2) is 0 Å². The molecule has 0 fully saturated rings. The fourth-order valence-corrected chi connectivity index (χ4v) is 1.12. The van der Waals surface area contributed by atoms with Crippen LogP contribution in [0.2, 0.25) is 5.28 Å². The molecule has 1 rings (SSSR count). The fraction of sp³-hybridized carbons (Fsp3) is 0.500. The summed E-state index contributed by atoms with van der Waals surface area (Å²) in [6, 6.07) is 0. The molecule has 0 saturated carbocycles. The Bertz CT molecular complexity index is 396. The molecule has 0 aliphatic carbocycles. The van der Waals surface area contributed by atoms with E-state index in [0.717, 1.165) is 13.0 Å². The SMILES string of the molecule is CC#CCNc1nc(Cl)nc(NCCC)n1. The van der Waals surface area contributed by atoms with E-state index >= 15 is 0 Å². The lowest BCUT2D eigenvalue weighted by Crippen LogP contribution is -2.09. The molecule has 0 aromatic carbocycles. The summed E-state index contributed by atoms with van der Waals surface area (Å²) in [7, 11) is 0. The minimum Gasteiger partial charge on any atom is -0.354 e. The van der Waals surface area contributed by atoms with Crippen LogP contribution < -0.4 is 10.6 Å². The number of hydrogen-bond acceptors (Lipinski definition) is 5. The third kappa shape index (κ3) is 4.32. The summed E-state index contributed by atoms with van der Waals surface area (Å²) in [6.07, 6.45) is 0.993. The highest BCUT2D eigenvalue weighted by Gasteiger charge is 2.02. The van der Waals surface area contributed by atoms with E-state index in [4.69, 9.17) is 11.6 Å².